The third-order valence-electron chi connectivity index (χ3n) is 25.4. The normalized spacial score (nSPS) is 23.8. The topological polar surface area (TPSA) is 609 Å². The molecule has 2 aliphatic heterocycles. The van der Waals surface area contributed by atoms with Crippen LogP contribution in [0.3, 0.4) is 0 Å². The number of aromatic hydroxyl groups is 2. The van der Waals surface area contributed by atoms with Gasteiger partial charge in [0.15, 0.2) is 23.1 Å². The van der Waals surface area contributed by atoms with Crippen LogP contribution >= 0.6 is 0 Å². The number of benzene rings is 2. The Morgan fingerprint density at radius 3 is 1.01 bits per heavy atom. The number of nitrogens with one attached hydrogen (secondary N) is 10. The molecule has 20 atom stereocenters. The molecular formula is C101H162N12O24. The van der Waals surface area contributed by atoms with Crippen molar-refractivity contribution in [1.29, 1.82) is 10.8 Å². The first-order valence-corrected chi connectivity index (χ1v) is 49.6. The number of amides is 10. The van der Waals surface area contributed by atoms with Gasteiger partial charge in [0, 0.05) is 55.4 Å². The predicted octanol–water partition coefficient (Wildman–Crippen LogP) is 8.70. The van der Waals surface area contributed by atoms with E-state index < -0.39 is 247 Å². The van der Waals surface area contributed by atoms with Gasteiger partial charge < -0.3 is 105 Å². The van der Waals surface area contributed by atoms with E-state index in [1.807, 2.05) is 13.8 Å². The van der Waals surface area contributed by atoms with Gasteiger partial charge in [-0.3, -0.25) is 76.7 Å². The number of esters is 2. The van der Waals surface area contributed by atoms with Crippen molar-refractivity contribution in [3.8, 4) is 11.5 Å². The highest BCUT2D eigenvalue weighted by Crippen LogP contribution is 2.27. The molecule has 2 aromatic rings. The minimum absolute atomic E-state index is 0.0445. The lowest BCUT2D eigenvalue weighted by Crippen LogP contribution is -2.58. The predicted molar refractivity (Wildman–Crippen MR) is 517 cm³/mol. The zero-order valence-corrected chi connectivity index (χ0v) is 82.9. The lowest BCUT2D eigenvalue weighted by atomic mass is 9.86. The summed E-state index contributed by atoms with van der Waals surface area (Å²) in [7, 11) is 0. The Hall–Kier alpha value is -10.5. The maximum absolute atomic E-state index is 14.4. The van der Waals surface area contributed by atoms with Crippen LogP contribution in [0, 0.1) is 46.3 Å². The van der Waals surface area contributed by atoms with Gasteiger partial charge in [0.05, 0.1) is 79.7 Å². The molecule has 0 radical (unpaired) electrons. The minimum Gasteiger partial charge on any atom is -0.508 e. The van der Waals surface area contributed by atoms with E-state index in [2.05, 4.69) is 42.5 Å². The van der Waals surface area contributed by atoms with Crippen LogP contribution in [0.1, 0.15) is 332 Å². The largest absolute Gasteiger partial charge is 0.508 e. The molecule has 2 fully saturated rings. The summed E-state index contributed by atoms with van der Waals surface area (Å²) < 4.78 is 11.3. The molecule has 36 heteroatoms. The van der Waals surface area contributed by atoms with Crippen molar-refractivity contribution in [2.45, 2.75) is 418 Å². The van der Waals surface area contributed by atoms with Crippen LogP contribution in [0.2, 0.25) is 0 Å². The van der Waals surface area contributed by atoms with Gasteiger partial charge in [-0.15, -0.1) is 0 Å². The lowest BCUT2D eigenvalue weighted by molar-refractivity contribution is -0.158. The first kappa shape index (κ1) is 121. The summed E-state index contributed by atoms with van der Waals surface area (Å²) in [4.78, 5) is 218. The molecule has 10 amide bonds. The average molecular weight is 1930 g/mol. The SMILES string of the molecule is CCC(C)C1NC(=O)C(NC(=O)CC(O)CCCCCCCCCCCCCC(C)=N)C(C)OC(=O)C(C)CC(=O)C(CC(N)=O)NC(=O)C(C(C)O)NC(=O)C(Cc2ccc(O)cc2)CC1=O.CCC(C)C1NC(=O)C(NC(=O)CC(O)CCCCCCCCCCCCCC(C)=N)C(C)OC(=O)C(C)CC(=O)C(CCC(N)=O)NC(=O)C(C(C)O)NC(=O)C(Cc2ccc(O)cc2)CC1=O. The van der Waals surface area contributed by atoms with E-state index >= 15 is 0 Å². The highest BCUT2D eigenvalue weighted by atomic mass is 16.6. The Bertz CT molecular complexity index is 4190. The van der Waals surface area contributed by atoms with E-state index in [1.54, 1.807) is 39.8 Å². The van der Waals surface area contributed by atoms with Crippen LogP contribution in [0.25, 0.3) is 0 Å². The van der Waals surface area contributed by atoms with Crippen molar-refractivity contribution in [3.05, 3.63) is 59.7 Å². The maximum atomic E-state index is 14.4. The fourth-order valence-corrected chi connectivity index (χ4v) is 16.4. The molecule has 2 heterocycles. The Morgan fingerprint density at radius 2 is 0.708 bits per heavy atom. The van der Waals surface area contributed by atoms with Gasteiger partial charge in [0.2, 0.25) is 59.1 Å². The molecule has 0 aromatic heterocycles. The Morgan fingerprint density at radius 1 is 0.401 bits per heavy atom. The van der Waals surface area contributed by atoms with Crippen molar-refractivity contribution >= 4 is 106 Å². The van der Waals surface area contributed by atoms with Crippen LogP contribution < -0.4 is 54.0 Å². The van der Waals surface area contributed by atoms with Gasteiger partial charge in [-0.1, -0.05) is 207 Å². The second kappa shape index (κ2) is 65.4. The van der Waals surface area contributed by atoms with E-state index in [0.717, 1.165) is 101 Å². The van der Waals surface area contributed by atoms with Crippen molar-refractivity contribution in [3.63, 3.8) is 0 Å². The molecule has 770 valence electrons. The van der Waals surface area contributed by atoms with Crippen LogP contribution in [0.5, 0.6) is 11.5 Å². The molecule has 20 unspecified atom stereocenters. The molecular weight excluding hydrogens is 1770 g/mol. The van der Waals surface area contributed by atoms with Crippen molar-refractivity contribution in [2.75, 3.05) is 0 Å². The average Bonchev–Trinajstić information content (AvgIpc) is 1.10. The molecule has 2 aromatic carbocycles. The summed E-state index contributed by atoms with van der Waals surface area (Å²) in [5.74, 6) is -19.1. The number of phenolic OH excluding ortho intramolecular Hbond substituents is 2. The summed E-state index contributed by atoms with van der Waals surface area (Å²) in [5.41, 5.74) is 13.3. The number of hydrogen-bond acceptors (Lipinski definition) is 26. The van der Waals surface area contributed by atoms with Gasteiger partial charge in [-0.25, -0.2) is 0 Å². The molecule has 0 saturated carbocycles. The van der Waals surface area contributed by atoms with E-state index in [-0.39, 0.29) is 50.0 Å². The van der Waals surface area contributed by atoms with Crippen LogP contribution in [0.15, 0.2) is 48.5 Å². The number of unbranched alkanes of at least 4 members (excludes halogenated alkanes) is 20. The van der Waals surface area contributed by atoms with Crippen LogP contribution in [-0.4, -0.2) is 221 Å². The number of nitrogens with two attached hydrogens (primary N) is 2. The Balaban J connectivity index is 0.000000705. The number of aliphatic hydroxyl groups is 4. The highest BCUT2D eigenvalue weighted by Gasteiger charge is 2.43. The standard InChI is InChI=1S/C51H82N6O12.C50H80N6O12/c1-7-31(2)45-42(62)29-37(28-36-21-23-38(59)24-22-36)48(65)57-46(34(5)58)49(66)54-40(25-26-43(53)63)41(61)27-32(3)51(68)69-35(6)47(50(67)56-45)55-44(64)30-39(60)20-18-16-14-12-10-8-9-11-13-15-17-19-33(4)52;1-7-30(2)44-41(61)27-36(26-35-21-23-37(58)24-22-35)47(64)56-45(33(5)57)48(65)53-39(29-42(52)62)40(60)25-31(3)50(67)68-34(6)46(49(66)55-44)54-43(63)28-38(59)20-18-16-14-12-10-8-9-11-13-15-17-19-32(4)51/h21-24,31-32,34-35,37,39-40,45-47,52,58-60H,7-20,25-30H2,1-6H3,(H2,53,63)(H,54,66)(H,55,64)(H,56,67)(H,57,65);21-24,30-31,33-34,36,38-39,44-46,51,57-59H,7-20,25-29H2,1-6H3,(H2,52,62)(H,53,65)(H,54,63)(H,55,66)(H,56,64). The molecule has 0 bridgehead atoms. The van der Waals surface area contributed by atoms with Crippen LogP contribution in [-0.2, 0) is 99.0 Å². The molecule has 2 saturated heterocycles. The molecule has 20 N–H and O–H groups in total. The molecule has 0 spiro atoms. The Kier molecular flexibility index (Phi) is 57.6. The fraction of sp³-hybridized carbons (Fsp3) is 0.703. The quantitative estimate of drug-likeness (QED) is 0.0167. The monoisotopic (exact) mass is 1930 g/mol. The van der Waals surface area contributed by atoms with Crippen molar-refractivity contribution in [1.82, 2.24) is 42.5 Å². The maximum Gasteiger partial charge on any atom is 0.309 e. The van der Waals surface area contributed by atoms with Gasteiger partial charge >= 0.3 is 11.9 Å². The first-order chi connectivity index (χ1) is 64.7. The van der Waals surface area contributed by atoms with Gasteiger partial charge in [0.1, 0.15) is 47.9 Å². The smallest absolute Gasteiger partial charge is 0.309 e. The van der Waals surface area contributed by atoms with E-state index in [0.29, 0.717) is 49.7 Å². The zero-order valence-electron chi connectivity index (χ0n) is 82.9. The summed E-state index contributed by atoms with van der Waals surface area (Å²) in [6.07, 6.45) is 14.6. The number of hydrogen-bond donors (Lipinski definition) is 18. The van der Waals surface area contributed by atoms with Gasteiger partial charge in [0.25, 0.3) is 0 Å². The zero-order chi connectivity index (χ0) is 103. The number of ether oxygens (including phenoxy) is 2. The highest BCUT2D eigenvalue weighted by molar-refractivity contribution is 6.01. The second-order valence-corrected chi connectivity index (χ2v) is 38.1. The number of phenols is 2. The number of carbonyl (C=O) groups is 16. The minimum atomic E-state index is -1.68. The second-order valence-electron chi connectivity index (χ2n) is 38.1. The fourth-order valence-electron chi connectivity index (χ4n) is 16.4. The number of rotatable bonds is 49. The van der Waals surface area contributed by atoms with Crippen LogP contribution in [0.4, 0.5) is 0 Å². The van der Waals surface area contributed by atoms with E-state index in [9.17, 15) is 107 Å². The van der Waals surface area contributed by atoms with Crippen molar-refractivity contribution in [2.24, 2.45) is 47.0 Å². The third-order valence-corrected chi connectivity index (χ3v) is 25.4. The van der Waals surface area contributed by atoms with E-state index in [1.165, 1.54) is 129 Å². The molecule has 0 aliphatic carbocycles. The number of ketones is 4. The van der Waals surface area contributed by atoms with Gasteiger partial charge in [-0.05, 0) is 147 Å². The third kappa shape index (κ3) is 48.6. The van der Waals surface area contributed by atoms with E-state index in [4.69, 9.17) is 31.8 Å². The summed E-state index contributed by atoms with van der Waals surface area (Å²) >= 11 is 0. The number of Topliss-reactive ketones (excluding diaryl/α,β-unsaturated/α-hetero) is 4. The first-order valence-electron chi connectivity index (χ1n) is 49.6. The summed E-state index contributed by atoms with van der Waals surface area (Å²) in [6, 6.07) is -0.169. The molecule has 137 heavy (non-hydrogen) atoms. The molecule has 36 nitrogen and oxygen atoms in total. The van der Waals surface area contributed by atoms with Gasteiger partial charge in [-0.2, -0.15) is 0 Å². The molecule has 2 aliphatic rings. The summed E-state index contributed by atoms with van der Waals surface area (Å²) in [5, 5.41) is 98.4. The Labute approximate surface area is 808 Å². The number of cyclic esters (lactones) is 2. The lowest BCUT2D eigenvalue weighted by Gasteiger charge is -2.30. The number of aliphatic hydroxyl groups excluding tert-OH is 4. The number of primary amides is 2. The number of carbonyl (C=O) groups excluding carboxylic acids is 16. The summed E-state index contributed by atoms with van der Waals surface area (Å²) in [6.45, 7) is 18.6. The molecule has 4 rings (SSSR count). The van der Waals surface area contributed by atoms with Crippen molar-refractivity contribution < 1.29 is 117 Å².